The van der Waals surface area contributed by atoms with E-state index in [1.807, 2.05) is 36.0 Å². The number of hydrogen-bond acceptors (Lipinski definition) is 2. The van der Waals surface area contributed by atoms with Crippen LogP contribution < -0.4 is 5.32 Å². The van der Waals surface area contributed by atoms with Crippen molar-refractivity contribution >= 4 is 29.1 Å². The Labute approximate surface area is 124 Å². The number of thioether (sulfide) groups is 1. The smallest absolute Gasteiger partial charge is 0.0637 e. The predicted molar refractivity (Wildman–Crippen MR) is 86.6 cm³/mol. The van der Waals surface area contributed by atoms with Crippen LogP contribution in [0.2, 0.25) is 5.02 Å². The normalized spacial score (nSPS) is 10.5. The number of halogens is 1. The van der Waals surface area contributed by atoms with Gasteiger partial charge in [-0.15, -0.1) is 11.8 Å². The molecule has 0 saturated heterocycles. The molecule has 0 spiro atoms. The van der Waals surface area contributed by atoms with Gasteiger partial charge in [0.2, 0.25) is 0 Å². The number of aryl methyl sites for hydroxylation is 2. The number of para-hydroxylation sites is 1. The van der Waals surface area contributed by atoms with Gasteiger partial charge in [0.1, 0.15) is 0 Å². The number of rotatable bonds is 5. The first-order chi connectivity index (χ1) is 9.16. The third-order valence-electron chi connectivity index (χ3n) is 2.88. The maximum Gasteiger partial charge on any atom is 0.0637 e. The Morgan fingerprint density at radius 3 is 2.63 bits per heavy atom. The zero-order chi connectivity index (χ0) is 13.7. The summed E-state index contributed by atoms with van der Waals surface area (Å²) < 4.78 is 0. The molecule has 2 aromatic rings. The number of hydrogen-bond donors (Lipinski definition) is 1. The van der Waals surface area contributed by atoms with Gasteiger partial charge in [-0.05, 0) is 37.6 Å². The van der Waals surface area contributed by atoms with E-state index in [4.69, 9.17) is 11.6 Å². The second-order valence-electron chi connectivity index (χ2n) is 4.52. The summed E-state index contributed by atoms with van der Waals surface area (Å²) >= 11 is 7.97. The van der Waals surface area contributed by atoms with Crippen LogP contribution in [-0.2, 0) is 0 Å². The molecule has 0 atom stereocenters. The molecule has 2 rings (SSSR count). The fourth-order valence-corrected chi connectivity index (χ4v) is 2.99. The van der Waals surface area contributed by atoms with Crippen molar-refractivity contribution in [3.63, 3.8) is 0 Å². The third-order valence-corrected chi connectivity index (χ3v) is 4.39. The van der Waals surface area contributed by atoms with Gasteiger partial charge >= 0.3 is 0 Å². The highest BCUT2D eigenvalue weighted by atomic mass is 35.5. The molecule has 19 heavy (non-hydrogen) atoms. The molecule has 0 fully saturated rings. The average molecular weight is 292 g/mol. The lowest BCUT2D eigenvalue weighted by Gasteiger charge is -2.09. The fourth-order valence-electron chi connectivity index (χ4n) is 1.91. The highest BCUT2D eigenvalue weighted by Gasteiger charge is 2.00. The van der Waals surface area contributed by atoms with E-state index in [-0.39, 0.29) is 0 Å². The van der Waals surface area contributed by atoms with Crippen LogP contribution in [0, 0.1) is 13.8 Å². The van der Waals surface area contributed by atoms with Crippen LogP contribution in [0.1, 0.15) is 11.1 Å². The van der Waals surface area contributed by atoms with Gasteiger partial charge in [0, 0.05) is 17.2 Å². The van der Waals surface area contributed by atoms with Crippen LogP contribution >= 0.6 is 23.4 Å². The van der Waals surface area contributed by atoms with Crippen LogP contribution in [-0.4, -0.2) is 12.3 Å². The second kappa shape index (κ2) is 6.88. The van der Waals surface area contributed by atoms with Crippen molar-refractivity contribution in [3.05, 3.63) is 58.6 Å². The van der Waals surface area contributed by atoms with Gasteiger partial charge in [-0.1, -0.05) is 41.4 Å². The number of benzene rings is 2. The van der Waals surface area contributed by atoms with E-state index in [2.05, 4.69) is 37.4 Å². The number of anilines is 1. The molecule has 0 saturated carbocycles. The molecule has 2 aromatic carbocycles. The summed E-state index contributed by atoms with van der Waals surface area (Å²) in [6, 6.07) is 14.4. The molecule has 0 heterocycles. The Bertz CT molecular complexity index is 554. The summed E-state index contributed by atoms with van der Waals surface area (Å²) in [5.74, 6) is 1.02. The summed E-state index contributed by atoms with van der Waals surface area (Å²) in [6.07, 6.45) is 0. The zero-order valence-corrected chi connectivity index (χ0v) is 12.8. The van der Waals surface area contributed by atoms with Crippen LogP contribution in [0.5, 0.6) is 0 Å². The molecular formula is C16H18ClNS. The van der Waals surface area contributed by atoms with E-state index in [1.54, 1.807) is 0 Å². The first kappa shape index (κ1) is 14.3. The lowest BCUT2D eigenvalue weighted by atomic mass is 10.2. The van der Waals surface area contributed by atoms with E-state index < -0.39 is 0 Å². The molecule has 0 unspecified atom stereocenters. The van der Waals surface area contributed by atoms with Gasteiger partial charge in [0.25, 0.3) is 0 Å². The van der Waals surface area contributed by atoms with Gasteiger partial charge in [0.15, 0.2) is 0 Å². The third kappa shape index (κ3) is 4.19. The minimum atomic E-state index is 0.777. The van der Waals surface area contributed by atoms with Crippen LogP contribution in [0.3, 0.4) is 0 Å². The molecule has 0 bridgehead atoms. The molecular weight excluding hydrogens is 274 g/mol. The Hall–Kier alpha value is -1.12. The van der Waals surface area contributed by atoms with Crippen LogP contribution in [0.25, 0.3) is 0 Å². The van der Waals surface area contributed by atoms with Crippen molar-refractivity contribution in [1.82, 2.24) is 0 Å². The molecule has 0 aromatic heterocycles. The summed E-state index contributed by atoms with van der Waals surface area (Å²) in [7, 11) is 0. The summed E-state index contributed by atoms with van der Waals surface area (Å²) in [6.45, 7) is 5.19. The van der Waals surface area contributed by atoms with E-state index in [0.717, 1.165) is 23.0 Å². The maximum atomic E-state index is 6.09. The van der Waals surface area contributed by atoms with Gasteiger partial charge in [-0.3, -0.25) is 0 Å². The van der Waals surface area contributed by atoms with Crippen LogP contribution in [0.15, 0.2) is 47.4 Å². The second-order valence-corrected chi connectivity index (χ2v) is 6.07. The van der Waals surface area contributed by atoms with Crippen molar-refractivity contribution in [2.75, 3.05) is 17.6 Å². The van der Waals surface area contributed by atoms with Gasteiger partial charge < -0.3 is 5.32 Å². The monoisotopic (exact) mass is 291 g/mol. The lowest BCUT2D eigenvalue weighted by Crippen LogP contribution is -2.04. The van der Waals surface area contributed by atoms with Crippen LogP contribution in [0.4, 0.5) is 5.69 Å². The fraction of sp³-hybridized carbons (Fsp3) is 0.250. The topological polar surface area (TPSA) is 12.0 Å². The average Bonchev–Trinajstić information content (AvgIpc) is 2.38. The first-order valence-electron chi connectivity index (χ1n) is 6.35. The molecule has 1 N–H and O–H groups in total. The molecule has 3 heteroatoms. The lowest BCUT2D eigenvalue weighted by molar-refractivity contribution is 1.21. The minimum Gasteiger partial charge on any atom is -0.383 e. The maximum absolute atomic E-state index is 6.09. The molecule has 100 valence electrons. The SMILES string of the molecule is Cc1ccc(SCCNc2ccccc2Cl)c(C)c1. The van der Waals surface area contributed by atoms with E-state index in [1.165, 1.54) is 16.0 Å². The van der Waals surface area contributed by atoms with Crippen molar-refractivity contribution in [3.8, 4) is 0 Å². The van der Waals surface area contributed by atoms with Gasteiger partial charge in [0.05, 0.1) is 10.7 Å². The molecule has 0 aliphatic rings. The van der Waals surface area contributed by atoms with Crippen molar-refractivity contribution < 1.29 is 0 Å². The zero-order valence-electron chi connectivity index (χ0n) is 11.2. The minimum absolute atomic E-state index is 0.777. The Morgan fingerprint density at radius 2 is 1.89 bits per heavy atom. The Morgan fingerprint density at radius 1 is 1.11 bits per heavy atom. The van der Waals surface area contributed by atoms with Gasteiger partial charge in [-0.2, -0.15) is 0 Å². The Balaban J connectivity index is 1.83. The van der Waals surface area contributed by atoms with E-state index in [9.17, 15) is 0 Å². The quantitative estimate of drug-likeness (QED) is 0.603. The van der Waals surface area contributed by atoms with E-state index >= 15 is 0 Å². The van der Waals surface area contributed by atoms with Crippen molar-refractivity contribution in [2.45, 2.75) is 18.7 Å². The summed E-state index contributed by atoms with van der Waals surface area (Å²) in [4.78, 5) is 1.35. The molecule has 0 radical (unpaired) electrons. The summed E-state index contributed by atoms with van der Waals surface area (Å²) in [5, 5.41) is 4.14. The molecule has 0 amide bonds. The highest BCUT2D eigenvalue weighted by Crippen LogP contribution is 2.24. The molecule has 0 aliphatic heterocycles. The van der Waals surface area contributed by atoms with Gasteiger partial charge in [-0.25, -0.2) is 0 Å². The number of nitrogens with one attached hydrogen (secondary N) is 1. The molecule has 1 nitrogen and oxygen atoms in total. The Kier molecular flexibility index (Phi) is 5.17. The highest BCUT2D eigenvalue weighted by molar-refractivity contribution is 7.99. The molecule has 0 aliphatic carbocycles. The van der Waals surface area contributed by atoms with E-state index in [0.29, 0.717) is 0 Å². The van der Waals surface area contributed by atoms with Crippen molar-refractivity contribution in [2.24, 2.45) is 0 Å². The summed E-state index contributed by atoms with van der Waals surface area (Å²) in [5.41, 5.74) is 3.67. The largest absolute Gasteiger partial charge is 0.383 e. The predicted octanol–water partition coefficient (Wildman–Crippen LogP) is 5.16. The van der Waals surface area contributed by atoms with Crippen molar-refractivity contribution in [1.29, 1.82) is 0 Å². The first-order valence-corrected chi connectivity index (χ1v) is 7.71. The standard InChI is InChI=1S/C16H18ClNS/c1-12-7-8-16(13(2)11-12)19-10-9-18-15-6-4-3-5-14(15)17/h3-8,11,18H,9-10H2,1-2H3.